The fraction of sp³-hybridized carbons (Fsp3) is 0.0556. The minimum Gasteiger partial charge on any atom is -0.483 e. The van der Waals surface area contributed by atoms with Crippen LogP contribution in [0, 0.1) is 0 Å². The molecule has 3 aromatic rings. The van der Waals surface area contributed by atoms with Gasteiger partial charge in [-0.15, -0.1) is 11.3 Å². The van der Waals surface area contributed by atoms with E-state index in [4.69, 9.17) is 55.6 Å². The van der Waals surface area contributed by atoms with Crippen LogP contribution in [0.15, 0.2) is 46.9 Å². The molecule has 26 heavy (non-hydrogen) atoms. The van der Waals surface area contributed by atoms with Crippen molar-refractivity contribution in [3.05, 3.63) is 78.3 Å². The maximum atomic E-state index is 12.0. The Morgan fingerprint density at radius 2 is 1.81 bits per heavy atom. The van der Waals surface area contributed by atoms with Gasteiger partial charge in [0.1, 0.15) is 18.1 Å². The summed E-state index contributed by atoms with van der Waals surface area (Å²) in [5.74, 6) is 1.26. The van der Waals surface area contributed by atoms with Crippen LogP contribution in [0.1, 0.15) is 21.2 Å². The van der Waals surface area contributed by atoms with Crippen molar-refractivity contribution in [3.8, 4) is 5.75 Å². The highest BCUT2D eigenvalue weighted by Gasteiger charge is 2.11. The van der Waals surface area contributed by atoms with Crippen LogP contribution in [0.3, 0.4) is 0 Å². The highest BCUT2D eigenvalue weighted by atomic mass is 35.5. The summed E-state index contributed by atoms with van der Waals surface area (Å²) in [6.45, 7) is 0.128. The molecule has 0 aliphatic rings. The molecule has 0 atom stereocenters. The molecule has 0 unspecified atom stereocenters. The summed E-state index contributed by atoms with van der Waals surface area (Å²) in [4.78, 5) is 12.6. The number of thiophene rings is 1. The molecule has 0 fully saturated rings. The third-order valence-electron chi connectivity index (χ3n) is 3.22. The van der Waals surface area contributed by atoms with Crippen LogP contribution in [0.4, 0.5) is 0 Å². The molecule has 0 spiro atoms. The monoisotopic (exact) mass is 446 g/mol. The zero-order chi connectivity index (χ0) is 18.7. The lowest BCUT2D eigenvalue weighted by atomic mass is 10.3. The highest BCUT2D eigenvalue weighted by Crippen LogP contribution is 2.36. The quantitative estimate of drug-likeness (QED) is 0.291. The van der Waals surface area contributed by atoms with E-state index in [0.29, 0.717) is 41.6 Å². The molecular formula is C18H10Cl4O3S. The van der Waals surface area contributed by atoms with Crippen molar-refractivity contribution < 1.29 is 13.9 Å². The van der Waals surface area contributed by atoms with E-state index in [0.717, 1.165) is 0 Å². The first-order chi connectivity index (χ1) is 12.4. The molecule has 2 heterocycles. The molecule has 2 aromatic heterocycles. The number of ether oxygens (including phenoxy) is 1. The predicted octanol–water partition coefficient (Wildman–Crippen LogP) is 7.43. The number of benzene rings is 1. The van der Waals surface area contributed by atoms with E-state index >= 15 is 0 Å². The normalized spacial score (nSPS) is 11.2. The van der Waals surface area contributed by atoms with Crippen LogP contribution >= 0.6 is 57.7 Å². The van der Waals surface area contributed by atoms with E-state index in [1.165, 1.54) is 17.4 Å². The summed E-state index contributed by atoms with van der Waals surface area (Å²) < 4.78 is 11.8. The molecule has 0 aliphatic carbocycles. The van der Waals surface area contributed by atoms with Gasteiger partial charge in [-0.3, -0.25) is 4.79 Å². The second-order valence-electron chi connectivity index (χ2n) is 5.09. The molecule has 0 aliphatic heterocycles. The van der Waals surface area contributed by atoms with Gasteiger partial charge < -0.3 is 9.15 Å². The van der Waals surface area contributed by atoms with E-state index in [2.05, 4.69) is 0 Å². The van der Waals surface area contributed by atoms with E-state index < -0.39 is 0 Å². The number of hydrogen-bond donors (Lipinski definition) is 0. The summed E-state index contributed by atoms with van der Waals surface area (Å²) in [6.07, 6.45) is 3.01. The lowest BCUT2D eigenvalue weighted by molar-refractivity contribution is 0.105. The zero-order valence-electron chi connectivity index (χ0n) is 13.0. The number of hydrogen-bond acceptors (Lipinski definition) is 4. The van der Waals surface area contributed by atoms with Crippen molar-refractivity contribution in [1.29, 1.82) is 0 Å². The Morgan fingerprint density at radius 3 is 2.46 bits per heavy atom. The van der Waals surface area contributed by atoms with E-state index in [-0.39, 0.29) is 12.4 Å². The first-order valence-electron chi connectivity index (χ1n) is 7.26. The first-order valence-corrected chi connectivity index (χ1v) is 9.59. The molecule has 134 valence electrons. The lowest BCUT2D eigenvalue weighted by Gasteiger charge is -2.08. The van der Waals surface area contributed by atoms with Gasteiger partial charge in [0.25, 0.3) is 0 Å². The van der Waals surface area contributed by atoms with Gasteiger partial charge in [0.05, 0.1) is 19.3 Å². The Labute approximate surface area is 173 Å². The highest BCUT2D eigenvalue weighted by molar-refractivity contribution is 7.18. The van der Waals surface area contributed by atoms with Gasteiger partial charge in [-0.1, -0.05) is 46.4 Å². The molecular weight excluding hydrogens is 438 g/mol. The van der Waals surface area contributed by atoms with Crippen molar-refractivity contribution in [2.45, 2.75) is 6.61 Å². The second-order valence-corrected chi connectivity index (χ2v) is 8.06. The van der Waals surface area contributed by atoms with Crippen molar-refractivity contribution in [1.82, 2.24) is 0 Å². The summed E-state index contributed by atoms with van der Waals surface area (Å²) in [6, 6.07) is 9.92. The first kappa shape index (κ1) is 19.3. The molecule has 1 aromatic carbocycles. The van der Waals surface area contributed by atoms with Crippen molar-refractivity contribution in [2.75, 3.05) is 0 Å². The van der Waals surface area contributed by atoms with Crippen molar-refractivity contribution in [3.63, 3.8) is 0 Å². The van der Waals surface area contributed by atoms with Crippen LogP contribution in [0.5, 0.6) is 5.75 Å². The second kappa shape index (κ2) is 8.51. The Kier molecular flexibility index (Phi) is 6.33. The van der Waals surface area contributed by atoms with Crippen LogP contribution in [-0.2, 0) is 6.61 Å². The fourth-order valence-electron chi connectivity index (χ4n) is 2.06. The van der Waals surface area contributed by atoms with Crippen LogP contribution < -0.4 is 4.74 Å². The van der Waals surface area contributed by atoms with Gasteiger partial charge >= 0.3 is 0 Å². The molecule has 0 amide bonds. The summed E-state index contributed by atoms with van der Waals surface area (Å²) in [7, 11) is 0. The van der Waals surface area contributed by atoms with E-state index in [1.54, 1.807) is 42.5 Å². The third kappa shape index (κ3) is 4.84. The molecule has 3 rings (SSSR count). The number of carbonyl (C=O) groups is 1. The lowest BCUT2D eigenvalue weighted by Crippen LogP contribution is -1.95. The van der Waals surface area contributed by atoms with Crippen molar-refractivity contribution >= 4 is 69.6 Å². The largest absolute Gasteiger partial charge is 0.483 e. The predicted molar refractivity (Wildman–Crippen MR) is 107 cm³/mol. The smallest absolute Gasteiger partial charge is 0.195 e. The molecule has 3 nitrogen and oxygen atoms in total. The molecule has 0 saturated heterocycles. The van der Waals surface area contributed by atoms with Crippen LogP contribution in [0.25, 0.3) is 6.08 Å². The van der Waals surface area contributed by atoms with Gasteiger partial charge in [-0.2, -0.15) is 0 Å². The van der Waals surface area contributed by atoms with Gasteiger partial charge in [0.15, 0.2) is 11.5 Å². The molecule has 0 N–H and O–H groups in total. The number of carbonyl (C=O) groups excluding carboxylic acids is 1. The molecule has 8 heteroatoms. The van der Waals surface area contributed by atoms with Crippen molar-refractivity contribution in [2.24, 2.45) is 0 Å². The maximum Gasteiger partial charge on any atom is 0.195 e. The fourth-order valence-corrected chi connectivity index (χ4v) is 3.95. The number of ketones is 1. The summed E-state index contributed by atoms with van der Waals surface area (Å²) >= 11 is 25.1. The standard InChI is InChI=1S/C18H10Cl4O3S/c19-10-7-13(20)18(14(21)8-10)24-9-12-2-1-11(25-12)3-4-15(23)16-5-6-17(22)26-16/h1-8H,9H2/b4-3+. The Hall–Kier alpha value is -1.43. The average molecular weight is 448 g/mol. The van der Waals surface area contributed by atoms with Gasteiger partial charge in [0, 0.05) is 5.02 Å². The van der Waals surface area contributed by atoms with Gasteiger partial charge in [0.2, 0.25) is 0 Å². The minimum atomic E-state index is -0.143. The van der Waals surface area contributed by atoms with Crippen LogP contribution in [-0.4, -0.2) is 5.78 Å². The molecule has 0 bridgehead atoms. The Morgan fingerprint density at radius 1 is 1.08 bits per heavy atom. The zero-order valence-corrected chi connectivity index (χ0v) is 16.8. The minimum absolute atomic E-state index is 0.128. The number of rotatable bonds is 6. The molecule has 0 radical (unpaired) electrons. The topological polar surface area (TPSA) is 39.4 Å². The van der Waals surface area contributed by atoms with Gasteiger partial charge in [-0.25, -0.2) is 0 Å². The summed E-state index contributed by atoms with van der Waals surface area (Å²) in [5, 5.41) is 1.05. The van der Waals surface area contributed by atoms with E-state index in [1.807, 2.05) is 0 Å². The number of furan rings is 1. The Balaban J connectivity index is 1.63. The molecule has 0 saturated carbocycles. The number of halogens is 4. The maximum absolute atomic E-state index is 12.0. The van der Waals surface area contributed by atoms with Gasteiger partial charge in [-0.05, 0) is 48.6 Å². The van der Waals surface area contributed by atoms with E-state index in [9.17, 15) is 4.79 Å². The Bertz CT molecular complexity index is 951. The summed E-state index contributed by atoms with van der Waals surface area (Å²) in [5.41, 5.74) is 0. The number of allylic oxidation sites excluding steroid dienone is 1. The average Bonchev–Trinajstić information content (AvgIpc) is 3.20. The third-order valence-corrected chi connectivity index (χ3v) is 5.24. The SMILES string of the molecule is O=C(/C=C/c1ccc(COc2c(Cl)cc(Cl)cc2Cl)o1)c1ccc(Cl)s1. The van der Waals surface area contributed by atoms with Crippen LogP contribution in [0.2, 0.25) is 19.4 Å².